The van der Waals surface area contributed by atoms with E-state index < -0.39 is 0 Å². The molecule has 3 rings (SSSR count). The zero-order valence-corrected chi connectivity index (χ0v) is 15.4. The van der Waals surface area contributed by atoms with Crippen LogP contribution in [0, 0.1) is 13.8 Å². The maximum atomic E-state index is 12.5. The van der Waals surface area contributed by atoms with Gasteiger partial charge in [0, 0.05) is 35.4 Å². The van der Waals surface area contributed by atoms with Gasteiger partial charge >= 0.3 is 6.03 Å². The fraction of sp³-hybridized carbons (Fsp3) is 0.150. The van der Waals surface area contributed by atoms with Crippen molar-refractivity contribution in [3.63, 3.8) is 0 Å². The van der Waals surface area contributed by atoms with Gasteiger partial charge in [0.15, 0.2) is 0 Å². The molecule has 0 aliphatic heterocycles. The molecule has 0 radical (unpaired) electrons. The van der Waals surface area contributed by atoms with E-state index in [9.17, 15) is 9.59 Å². The molecule has 0 saturated carbocycles. The normalized spacial score (nSPS) is 10.3. The van der Waals surface area contributed by atoms with Crippen LogP contribution in [0.4, 0.5) is 16.2 Å². The van der Waals surface area contributed by atoms with Gasteiger partial charge in [-0.2, -0.15) is 0 Å². The van der Waals surface area contributed by atoms with Gasteiger partial charge in [0.2, 0.25) is 0 Å². The van der Waals surface area contributed by atoms with E-state index in [0.717, 1.165) is 17.1 Å². The first-order chi connectivity index (χ1) is 13.0. The quantitative estimate of drug-likeness (QED) is 0.663. The third-order valence-electron chi connectivity index (χ3n) is 4.26. The number of nitrogens with zero attached hydrogens (tertiary/aromatic N) is 2. The van der Waals surface area contributed by atoms with Gasteiger partial charge in [0.25, 0.3) is 5.91 Å². The van der Waals surface area contributed by atoms with E-state index in [1.807, 2.05) is 42.7 Å². The van der Waals surface area contributed by atoms with Crippen molar-refractivity contribution in [3.05, 3.63) is 71.8 Å². The molecular weight excluding hydrogens is 342 g/mol. The standard InChI is InChI=1S/C20H21N5O2/c1-13-14(2)25(12-22-13)18-9-7-16(8-10-18)23-19(26)15-5-4-6-17(11-15)24-20(27)21-3/h4-12H,1-3H3,(H,23,26)(H2,21,24,27). The number of rotatable bonds is 4. The molecule has 1 aromatic heterocycles. The molecule has 0 unspecified atom stereocenters. The summed E-state index contributed by atoms with van der Waals surface area (Å²) in [7, 11) is 1.53. The van der Waals surface area contributed by atoms with Crippen molar-refractivity contribution >= 4 is 23.3 Å². The second-order valence-electron chi connectivity index (χ2n) is 6.07. The first-order valence-electron chi connectivity index (χ1n) is 8.49. The number of aryl methyl sites for hydroxylation is 1. The van der Waals surface area contributed by atoms with Gasteiger partial charge in [0.1, 0.15) is 0 Å². The molecule has 0 fully saturated rings. The summed E-state index contributed by atoms with van der Waals surface area (Å²) in [5.74, 6) is -0.252. The number of nitrogens with one attached hydrogen (secondary N) is 3. The maximum Gasteiger partial charge on any atom is 0.318 e. The molecule has 138 valence electrons. The van der Waals surface area contributed by atoms with E-state index in [1.54, 1.807) is 30.6 Å². The van der Waals surface area contributed by atoms with Crippen LogP contribution in [0.2, 0.25) is 0 Å². The molecule has 27 heavy (non-hydrogen) atoms. The smallest absolute Gasteiger partial charge is 0.318 e. The van der Waals surface area contributed by atoms with Crippen molar-refractivity contribution < 1.29 is 9.59 Å². The van der Waals surface area contributed by atoms with Crippen LogP contribution in [0.25, 0.3) is 5.69 Å². The van der Waals surface area contributed by atoms with Crippen LogP contribution in [0.3, 0.4) is 0 Å². The molecule has 0 aliphatic rings. The van der Waals surface area contributed by atoms with Crippen LogP contribution in [0.15, 0.2) is 54.9 Å². The average molecular weight is 363 g/mol. The number of amides is 3. The topological polar surface area (TPSA) is 88.0 Å². The van der Waals surface area contributed by atoms with Crippen molar-refractivity contribution in [2.24, 2.45) is 0 Å². The molecule has 3 N–H and O–H groups in total. The summed E-state index contributed by atoms with van der Waals surface area (Å²) in [6, 6.07) is 13.9. The van der Waals surface area contributed by atoms with Crippen molar-refractivity contribution in [3.8, 4) is 5.69 Å². The predicted molar refractivity (Wildman–Crippen MR) is 106 cm³/mol. The highest BCUT2D eigenvalue weighted by Gasteiger charge is 2.09. The van der Waals surface area contributed by atoms with E-state index in [-0.39, 0.29) is 11.9 Å². The van der Waals surface area contributed by atoms with Gasteiger partial charge in [-0.25, -0.2) is 9.78 Å². The van der Waals surface area contributed by atoms with Crippen LogP contribution >= 0.6 is 0 Å². The van der Waals surface area contributed by atoms with E-state index in [0.29, 0.717) is 16.9 Å². The van der Waals surface area contributed by atoms with Crippen molar-refractivity contribution in [2.45, 2.75) is 13.8 Å². The van der Waals surface area contributed by atoms with Crippen LogP contribution < -0.4 is 16.0 Å². The Morgan fingerprint density at radius 3 is 2.33 bits per heavy atom. The first-order valence-corrected chi connectivity index (χ1v) is 8.49. The van der Waals surface area contributed by atoms with Crippen molar-refractivity contribution in [1.29, 1.82) is 0 Å². The Hall–Kier alpha value is -3.61. The van der Waals surface area contributed by atoms with E-state index in [4.69, 9.17) is 0 Å². The molecule has 3 aromatic rings. The van der Waals surface area contributed by atoms with E-state index >= 15 is 0 Å². The second kappa shape index (κ2) is 7.74. The number of carbonyl (C=O) groups excluding carboxylic acids is 2. The van der Waals surface area contributed by atoms with Crippen LogP contribution in [0.5, 0.6) is 0 Å². The second-order valence-corrected chi connectivity index (χ2v) is 6.07. The molecular formula is C20H21N5O2. The summed E-state index contributed by atoms with van der Waals surface area (Å²) < 4.78 is 1.99. The lowest BCUT2D eigenvalue weighted by molar-refractivity contribution is 0.102. The molecule has 1 heterocycles. The van der Waals surface area contributed by atoms with Crippen LogP contribution in [-0.2, 0) is 0 Å². The van der Waals surface area contributed by atoms with Gasteiger partial charge in [0.05, 0.1) is 12.0 Å². The third kappa shape index (κ3) is 4.14. The minimum atomic E-state index is -0.340. The van der Waals surface area contributed by atoms with Gasteiger partial charge in [-0.15, -0.1) is 0 Å². The summed E-state index contributed by atoms with van der Waals surface area (Å²) >= 11 is 0. The van der Waals surface area contributed by atoms with Crippen LogP contribution in [0.1, 0.15) is 21.7 Å². The zero-order chi connectivity index (χ0) is 19.4. The molecule has 0 atom stereocenters. The average Bonchev–Trinajstić information content (AvgIpc) is 3.01. The Morgan fingerprint density at radius 2 is 1.70 bits per heavy atom. The summed E-state index contributed by atoms with van der Waals surface area (Å²) in [6.07, 6.45) is 1.78. The molecule has 3 amide bonds. The van der Waals surface area contributed by atoms with Gasteiger partial charge in [-0.3, -0.25) is 4.79 Å². The zero-order valence-electron chi connectivity index (χ0n) is 15.4. The Kier molecular flexibility index (Phi) is 5.21. The molecule has 0 saturated heterocycles. The Bertz CT molecular complexity index is 976. The number of imidazole rings is 1. The molecule has 0 bridgehead atoms. The molecule has 2 aromatic carbocycles. The Balaban J connectivity index is 1.72. The molecule has 0 spiro atoms. The number of hydrogen-bond acceptors (Lipinski definition) is 3. The highest BCUT2D eigenvalue weighted by Crippen LogP contribution is 2.18. The number of carbonyl (C=O) groups is 2. The monoisotopic (exact) mass is 363 g/mol. The summed E-state index contributed by atoms with van der Waals surface area (Å²) in [5.41, 5.74) is 4.72. The molecule has 0 aliphatic carbocycles. The Morgan fingerprint density at radius 1 is 0.963 bits per heavy atom. The minimum Gasteiger partial charge on any atom is -0.341 e. The predicted octanol–water partition coefficient (Wildman–Crippen LogP) is 3.49. The number of aromatic nitrogens is 2. The number of hydrogen-bond donors (Lipinski definition) is 3. The lowest BCUT2D eigenvalue weighted by Gasteiger charge is -2.10. The molecule has 7 nitrogen and oxygen atoms in total. The first kappa shape index (κ1) is 18.2. The lowest BCUT2D eigenvalue weighted by atomic mass is 10.1. The summed E-state index contributed by atoms with van der Waals surface area (Å²) in [5, 5.41) is 7.97. The largest absolute Gasteiger partial charge is 0.341 e. The Labute approximate surface area is 157 Å². The number of anilines is 2. The lowest BCUT2D eigenvalue weighted by Crippen LogP contribution is -2.24. The highest BCUT2D eigenvalue weighted by atomic mass is 16.2. The fourth-order valence-corrected chi connectivity index (χ4v) is 2.60. The summed E-state index contributed by atoms with van der Waals surface area (Å²) in [4.78, 5) is 28.2. The highest BCUT2D eigenvalue weighted by molar-refractivity contribution is 6.05. The maximum absolute atomic E-state index is 12.5. The van der Waals surface area contributed by atoms with Crippen molar-refractivity contribution in [1.82, 2.24) is 14.9 Å². The summed E-state index contributed by atoms with van der Waals surface area (Å²) in [6.45, 7) is 3.98. The minimum absolute atomic E-state index is 0.252. The number of benzene rings is 2. The van der Waals surface area contributed by atoms with E-state index in [2.05, 4.69) is 20.9 Å². The van der Waals surface area contributed by atoms with Crippen molar-refractivity contribution in [2.75, 3.05) is 17.7 Å². The third-order valence-corrected chi connectivity index (χ3v) is 4.26. The van der Waals surface area contributed by atoms with Crippen LogP contribution in [-0.4, -0.2) is 28.5 Å². The van der Waals surface area contributed by atoms with Gasteiger partial charge < -0.3 is 20.5 Å². The van der Waals surface area contributed by atoms with Gasteiger partial charge in [-0.1, -0.05) is 6.07 Å². The van der Waals surface area contributed by atoms with E-state index in [1.165, 1.54) is 7.05 Å². The fourth-order valence-electron chi connectivity index (χ4n) is 2.60. The molecule has 7 heteroatoms. The van der Waals surface area contributed by atoms with Gasteiger partial charge in [-0.05, 0) is 56.3 Å². The SMILES string of the molecule is CNC(=O)Nc1cccc(C(=O)Nc2ccc(-n3cnc(C)c3C)cc2)c1. The number of urea groups is 1.